The van der Waals surface area contributed by atoms with Crippen LogP contribution < -0.4 is 11.1 Å². The predicted molar refractivity (Wildman–Crippen MR) is 65.2 cm³/mol. The van der Waals surface area contributed by atoms with E-state index in [1.807, 2.05) is 0 Å². The van der Waals surface area contributed by atoms with Gasteiger partial charge in [-0.1, -0.05) is 0 Å². The van der Waals surface area contributed by atoms with E-state index in [9.17, 15) is 8.78 Å². The molecule has 2 rings (SSSR count). The number of nitrogens with zero attached hydrogens (tertiary/aromatic N) is 1. The van der Waals surface area contributed by atoms with Crippen LogP contribution >= 0.6 is 0 Å². The van der Waals surface area contributed by atoms with Crippen molar-refractivity contribution in [2.24, 2.45) is 0 Å². The Bertz CT molecular complexity index is 633. The molecule has 0 fully saturated rings. The highest BCUT2D eigenvalue weighted by Gasteiger charge is 2.05. The highest BCUT2D eigenvalue weighted by Crippen LogP contribution is 2.25. The van der Waals surface area contributed by atoms with Gasteiger partial charge in [-0.3, -0.25) is 0 Å². The van der Waals surface area contributed by atoms with Crippen LogP contribution in [0.4, 0.5) is 25.8 Å². The number of hydrogen-bond acceptors (Lipinski definition) is 3. The predicted octanol–water partition coefficient (Wildman–Crippen LogP) is 3.16. The molecule has 3 N–H and O–H groups in total. The van der Waals surface area contributed by atoms with Crippen LogP contribution in [0.1, 0.15) is 5.56 Å². The van der Waals surface area contributed by atoms with Crippen molar-refractivity contribution in [3.05, 3.63) is 53.6 Å². The van der Waals surface area contributed by atoms with E-state index in [4.69, 9.17) is 11.0 Å². The molecule has 0 bridgehead atoms. The number of halogens is 2. The summed E-state index contributed by atoms with van der Waals surface area (Å²) in [5.74, 6) is -1.04. The Morgan fingerprint density at radius 1 is 1.11 bits per heavy atom. The highest BCUT2D eigenvalue weighted by molar-refractivity contribution is 5.72. The SMILES string of the molecule is N#Cc1cc(Nc2cc(F)ccc2N)ccc1F. The van der Waals surface area contributed by atoms with Crippen LogP contribution in [0, 0.1) is 23.0 Å². The lowest BCUT2D eigenvalue weighted by atomic mass is 10.2. The van der Waals surface area contributed by atoms with Gasteiger partial charge in [0.1, 0.15) is 17.7 Å². The first-order chi connectivity index (χ1) is 8.60. The average molecular weight is 245 g/mol. The molecule has 0 amide bonds. The molecule has 0 aromatic heterocycles. The molecule has 0 atom stereocenters. The maximum Gasteiger partial charge on any atom is 0.141 e. The van der Waals surface area contributed by atoms with E-state index in [1.165, 1.54) is 30.3 Å². The molecule has 18 heavy (non-hydrogen) atoms. The summed E-state index contributed by atoms with van der Waals surface area (Å²) in [6.45, 7) is 0. The first-order valence-electron chi connectivity index (χ1n) is 5.12. The van der Waals surface area contributed by atoms with Crippen molar-refractivity contribution >= 4 is 17.1 Å². The molecule has 0 saturated heterocycles. The van der Waals surface area contributed by atoms with E-state index < -0.39 is 11.6 Å². The minimum atomic E-state index is -0.602. The summed E-state index contributed by atoms with van der Waals surface area (Å²) in [5.41, 5.74) is 6.77. The van der Waals surface area contributed by atoms with Gasteiger partial charge in [-0.05, 0) is 36.4 Å². The quantitative estimate of drug-likeness (QED) is 0.799. The van der Waals surface area contributed by atoms with Crippen molar-refractivity contribution in [2.45, 2.75) is 0 Å². The summed E-state index contributed by atoms with van der Waals surface area (Å²) in [6, 6.07) is 9.56. The standard InChI is InChI=1S/C13H9F2N3/c14-9-1-4-12(17)13(6-9)18-10-2-3-11(15)8(5-10)7-16/h1-6,18H,17H2. The number of nitriles is 1. The van der Waals surface area contributed by atoms with Gasteiger partial charge in [-0.15, -0.1) is 0 Å². The smallest absolute Gasteiger partial charge is 0.141 e. The van der Waals surface area contributed by atoms with Gasteiger partial charge in [0.15, 0.2) is 0 Å². The normalized spacial score (nSPS) is 9.83. The maximum absolute atomic E-state index is 13.1. The van der Waals surface area contributed by atoms with Gasteiger partial charge in [0.2, 0.25) is 0 Å². The lowest BCUT2D eigenvalue weighted by Gasteiger charge is -2.09. The zero-order valence-corrected chi connectivity index (χ0v) is 9.24. The largest absolute Gasteiger partial charge is 0.397 e. The van der Waals surface area contributed by atoms with Crippen LogP contribution in [-0.2, 0) is 0 Å². The molecular weight excluding hydrogens is 236 g/mol. The fourth-order valence-electron chi connectivity index (χ4n) is 1.48. The van der Waals surface area contributed by atoms with Crippen molar-refractivity contribution in [3.63, 3.8) is 0 Å². The van der Waals surface area contributed by atoms with Crippen LogP contribution in [0.2, 0.25) is 0 Å². The number of benzene rings is 2. The Labute approximate surface area is 102 Å². The van der Waals surface area contributed by atoms with E-state index in [0.29, 0.717) is 17.1 Å². The molecule has 0 saturated carbocycles. The van der Waals surface area contributed by atoms with Crippen molar-refractivity contribution in [1.82, 2.24) is 0 Å². The van der Waals surface area contributed by atoms with Gasteiger partial charge in [0.05, 0.1) is 16.9 Å². The van der Waals surface area contributed by atoms with Crippen LogP contribution in [0.5, 0.6) is 0 Å². The summed E-state index contributed by atoms with van der Waals surface area (Å²) >= 11 is 0. The molecule has 0 aliphatic heterocycles. The Morgan fingerprint density at radius 2 is 1.89 bits per heavy atom. The summed E-state index contributed by atoms with van der Waals surface area (Å²) in [7, 11) is 0. The second kappa shape index (κ2) is 4.72. The zero-order chi connectivity index (χ0) is 13.1. The van der Waals surface area contributed by atoms with E-state index in [0.717, 1.165) is 6.07 Å². The Kier molecular flexibility index (Phi) is 3.11. The Balaban J connectivity index is 2.34. The number of hydrogen-bond donors (Lipinski definition) is 2. The maximum atomic E-state index is 13.1. The van der Waals surface area contributed by atoms with Gasteiger partial charge < -0.3 is 11.1 Å². The minimum Gasteiger partial charge on any atom is -0.397 e. The second-order valence-electron chi connectivity index (χ2n) is 3.66. The van der Waals surface area contributed by atoms with E-state index in [1.54, 1.807) is 6.07 Å². The third kappa shape index (κ3) is 2.38. The van der Waals surface area contributed by atoms with Crippen LogP contribution in [-0.4, -0.2) is 0 Å². The molecule has 0 aliphatic rings. The molecule has 0 spiro atoms. The van der Waals surface area contributed by atoms with Gasteiger partial charge in [-0.25, -0.2) is 8.78 Å². The van der Waals surface area contributed by atoms with Gasteiger partial charge >= 0.3 is 0 Å². The van der Waals surface area contributed by atoms with Gasteiger partial charge in [0.25, 0.3) is 0 Å². The van der Waals surface area contributed by atoms with E-state index >= 15 is 0 Å². The lowest BCUT2D eigenvalue weighted by Crippen LogP contribution is -1.98. The van der Waals surface area contributed by atoms with Crippen LogP contribution in [0.15, 0.2) is 36.4 Å². The molecule has 3 nitrogen and oxygen atoms in total. The minimum absolute atomic E-state index is 0.0880. The van der Waals surface area contributed by atoms with Gasteiger partial charge in [-0.2, -0.15) is 5.26 Å². The molecule has 0 radical (unpaired) electrons. The first-order valence-corrected chi connectivity index (χ1v) is 5.12. The highest BCUT2D eigenvalue weighted by atomic mass is 19.1. The second-order valence-corrected chi connectivity index (χ2v) is 3.66. The molecule has 0 aliphatic carbocycles. The number of nitrogens with one attached hydrogen (secondary N) is 1. The lowest BCUT2D eigenvalue weighted by molar-refractivity contribution is 0.624. The Morgan fingerprint density at radius 3 is 2.61 bits per heavy atom. The van der Waals surface area contributed by atoms with Crippen LogP contribution in [0.3, 0.4) is 0 Å². The van der Waals surface area contributed by atoms with Crippen molar-refractivity contribution in [1.29, 1.82) is 5.26 Å². The van der Waals surface area contributed by atoms with E-state index in [2.05, 4.69) is 5.32 Å². The Hall–Kier alpha value is -2.61. The van der Waals surface area contributed by atoms with Crippen molar-refractivity contribution < 1.29 is 8.78 Å². The summed E-state index contributed by atoms with van der Waals surface area (Å²) in [5, 5.41) is 11.5. The monoisotopic (exact) mass is 245 g/mol. The topological polar surface area (TPSA) is 61.8 Å². The number of rotatable bonds is 2. The molecule has 90 valence electrons. The molecule has 5 heteroatoms. The summed E-state index contributed by atoms with van der Waals surface area (Å²) in [4.78, 5) is 0. The summed E-state index contributed by atoms with van der Waals surface area (Å²) < 4.78 is 26.2. The molecule has 2 aromatic rings. The molecular formula is C13H9F2N3. The molecule has 0 unspecified atom stereocenters. The average Bonchev–Trinajstić information content (AvgIpc) is 2.36. The fraction of sp³-hybridized carbons (Fsp3) is 0. The third-order valence-electron chi connectivity index (χ3n) is 2.38. The molecule has 0 heterocycles. The van der Waals surface area contributed by atoms with Crippen molar-refractivity contribution in [3.8, 4) is 6.07 Å². The van der Waals surface area contributed by atoms with E-state index in [-0.39, 0.29) is 5.56 Å². The molecule has 2 aromatic carbocycles. The number of nitrogens with two attached hydrogens (primary N) is 1. The summed E-state index contributed by atoms with van der Waals surface area (Å²) in [6.07, 6.45) is 0. The van der Waals surface area contributed by atoms with Gasteiger partial charge in [0, 0.05) is 5.69 Å². The number of anilines is 3. The third-order valence-corrected chi connectivity index (χ3v) is 2.38. The fourth-order valence-corrected chi connectivity index (χ4v) is 1.48. The first kappa shape index (κ1) is 11.9. The van der Waals surface area contributed by atoms with Crippen molar-refractivity contribution in [2.75, 3.05) is 11.1 Å². The number of nitrogen functional groups attached to an aromatic ring is 1. The van der Waals surface area contributed by atoms with Crippen LogP contribution in [0.25, 0.3) is 0 Å². The zero-order valence-electron chi connectivity index (χ0n) is 9.24.